The molecule has 2 aromatic rings. The van der Waals surface area contributed by atoms with Crippen LogP contribution in [0.1, 0.15) is 34.5 Å². The molecule has 0 saturated carbocycles. The molecule has 1 aromatic heterocycles. The number of nitrogens with zero attached hydrogens (tertiary/aromatic N) is 3. The van der Waals surface area contributed by atoms with Crippen molar-refractivity contribution in [2.75, 3.05) is 19.6 Å². The second-order valence-corrected chi connectivity index (χ2v) is 7.44. The van der Waals surface area contributed by atoms with Gasteiger partial charge in [0.2, 0.25) is 0 Å². The van der Waals surface area contributed by atoms with E-state index >= 15 is 0 Å². The highest BCUT2D eigenvalue weighted by Crippen LogP contribution is 2.27. The van der Waals surface area contributed by atoms with Gasteiger partial charge in [0.25, 0.3) is 5.91 Å². The molecule has 140 valence electrons. The van der Waals surface area contributed by atoms with Gasteiger partial charge in [-0.3, -0.25) is 9.79 Å². The maximum Gasteiger partial charge on any atom is 0.254 e. The molecule has 2 aliphatic rings. The lowest BCUT2D eigenvalue weighted by atomic mass is 9.97. The summed E-state index contributed by atoms with van der Waals surface area (Å²) in [6, 6.07) is 4.89. The SMILES string of the molecule is NC1=C(C2=NCCCc3cnoc32)CN(C(=O)c2ccc(Cl)c(Cl)c2)CC1. The van der Waals surface area contributed by atoms with Gasteiger partial charge in [-0.15, -0.1) is 0 Å². The third-order valence-electron chi connectivity index (χ3n) is 4.86. The lowest BCUT2D eigenvalue weighted by Crippen LogP contribution is -2.40. The van der Waals surface area contributed by atoms with Gasteiger partial charge < -0.3 is 15.2 Å². The predicted molar refractivity (Wildman–Crippen MR) is 104 cm³/mol. The predicted octanol–water partition coefficient (Wildman–Crippen LogP) is 3.48. The van der Waals surface area contributed by atoms with E-state index in [4.69, 9.17) is 33.5 Å². The minimum Gasteiger partial charge on any atom is -0.402 e. The Morgan fingerprint density at radius 1 is 1.22 bits per heavy atom. The van der Waals surface area contributed by atoms with Crippen LogP contribution in [0.25, 0.3) is 0 Å². The molecule has 0 bridgehead atoms. The van der Waals surface area contributed by atoms with E-state index in [1.807, 2.05) is 0 Å². The Morgan fingerprint density at radius 2 is 2.07 bits per heavy atom. The van der Waals surface area contributed by atoms with Crippen LogP contribution in [0.15, 0.2) is 45.2 Å². The fraction of sp³-hybridized carbons (Fsp3) is 0.316. The lowest BCUT2D eigenvalue weighted by molar-refractivity contribution is 0.0766. The first kappa shape index (κ1) is 18.1. The van der Waals surface area contributed by atoms with E-state index in [2.05, 4.69) is 10.1 Å². The Kier molecular flexibility index (Phi) is 4.93. The molecule has 2 N–H and O–H groups in total. The van der Waals surface area contributed by atoms with E-state index in [1.54, 1.807) is 29.3 Å². The van der Waals surface area contributed by atoms with Crippen molar-refractivity contribution in [1.82, 2.24) is 10.1 Å². The van der Waals surface area contributed by atoms with Gasteiger partial charge in [0.1, 0.15) is 5.71 Å². The highest BCUT2D eigenvalue weighted by molar-refractivity contribution is 6.42. The van der Waals surface area contributed by atoms with Crippen LogP contribution >= 0.6 is 23.2 Å². The zero-order valence-corrected chi connectivity index (χ0v) is 16.1. The number of benzene rings is 1. The van der Waals surface area contributed by atoms with Crippen molar-refractivity contribution in [3.63, 3.8) is 0 Å². The minimum atomic E-state index is -0.120. The van der Waals surface area contributed by atoms with Gasteiger partial charge in [0, 0.05) is 48.5 Å². The van der Waals surface area contributed by atoms with E-state index in [9.17, 15) is 4.79 Å². The summed E-state index contributed by atoms with van der Waals surface area (Å²) < 4.78 is 5.45. The zero-order valence-electron chi connectivity index (χ0n) is 14.5. The number of hydrogen-bond donors (Lipinski definition) is 1. The van der Waals surface area contributed by atoms with Crippen LogP contribution in [0.3, 0.4) is 0 Å². The van der Waals surface area contributed by atoms with Crippen molar-refractivity contribution in [2.24, 2.45) is 10.7 Å². The molecule has 0 aliphatic carbocycles. The maximum absolute atomic E-state index is 12.9. The van der Waals surface area contributed by atoms with Gasteiger partial charge >= 0.3 is 0 Å². The molecule has 0 fully saturated rings. The number of fused-ring (bicyclic) bond motifs is 1. The number of rotatable bonds is 2. The Bertz CT molecular complexity index is 964. The molecule has 1 aromatic carbocycles. The van der Waals surface area contributed by atoms with Crippen LogP contribution < -0.4 is 5.73 Å². The van der Waals surface area contributed by atoms with E-state index in [1.165, 1.54) is 0 Å². The molecule has 0 radical (unpaired) electrons. The van der Waals surface area contributed by atoms with E-state index < -0.39 is 0 Å². The molecule has 1 amide bonds. The molecular weight excluding hydrogens is 387 g/mol. The smallest absolute Gasteiger partial charge is 0.254 e. The monoisotopic (exact) mass is 404 g/mol. The fourth-order valence-electron chi connectivity index (χ4n) is 3.39. The second kappa shape index (κ2) is 7.37. The average Bonchev–Trinajstić information content (AvgIpc) is 3.04. The molecule has 0 spiro atoms. The van der Waals surface area contributed by atoms with Gasteiger partial charge in [-0.25, -0.2) is 0 Å². The summed E-state index contributed by atoms with van der Waals surface area (Å²) in [5.74, 6) is 0.542. The third kappa shape index (κ3) is 3.47. The summed E-state index contributed by atoms with van der Waals surface area (Å²) in [6.45, 7) is 1.59. The van der Waals surface area contributed by atoms with Gasteiger partial charge in [-0.2, -0.15) is 0 Å². The van der Waals surface area contributed by atoms with Gasteiger partial charge in [-0.1, -0.05) is 28.4 Å². The summed E-state index contributed by atoms with van der Waals surface area (Å²) >= 11 is 12.0. The van der Waals surface area contributed by atoms with Crippen molar-refractivity contribution in [1.29, 1.82) is 0 Å². The van der Waals surface area contributed by atoms with Crippen LogP contribution in [-0.2, 0) is 6.42 Å². The lowest BCUT2D eigenvalue weighted by Gasteiger charge is -2.30. The van der Waals surface area contributed by atoms with Crippen molar-refractivity contribution in [3.8, 4) is 0 Å². The number of aliphatic imine (C=N–C) groups is 1. The number of carbonyl (C=O) groups is 1. The topological polar surface area (TPSA) is 84.7 Å². The van der Waals surface area contributed by atoms with Gasteiger partial charge in [0.05, 0.1) is 16.2 Å². The number of amides is 1. The van der Waals surface area contributed by atoms with Crippen molar-refractivity contribution in [2.45, 2.75) is 19.3 Å². The quantitative estimate of drug-likeness (QED) is 0.829. The molecule has 0 atom stereocenters. The van der Waals surface area contributed by atoms with Crippen LogP contribution in [-0.4, -0.2) is 41.3 Å². The number of carbonyl (C=O) groups excluding carboxylic acids is 1. The van der Waals surface area contributed by atoms with Gasteiger partial charge in [-0.05, 0) is 31.0 Å². The highest BCUT2D eigenvalue weighted by Gasteiger charge is 2.29. The van der Waals surface area contributed by atoms with Crippen molar-refractivity contribution < 1.29 is 9.32 Å². The molecule has 3 heterocycles. The van der Waals surface area contributed by atoms with Crippen LogP contribution in [0.2, 0.25) is 10.0 Å². The van der Waals surface area contributed by atoms with Crippen molar-refractivity contribution in [3.05, 3.63) is 62.6 Å². The standard InChI is InChI=1S/C19H18Cl2N4O2/c20-14-4-3-11(8-15(14)21)19(26)25-7-5-16(22)13(10-25)17-18-12(9-24-27-18)2-1-6-23-17/h3-4,8-9H,1-2,5-7,10,22H2. The summed E-state index contributed by atoms with van der Waals surface area (Å²) in [5.41, 5.74) is 10.1. The minimum absolute atomic E-state index is 0.120. The van der Waals surface area contributed by atoms with E-state index in [0.717, 1.165) is 29.7 Å². The molecule has 0 saturated heterocycles. The number of aryl methyl sites for hydroxylation is 1. The summed E-state index contributed by atoms with van der Waals surface area (Å²) in [5, 5.41) is 4.68. The summed E-state index contributed by atoms with van der Waals surface area (Å²) in [6.07, 6.45) is 4.10. The summed E-state index contributed by atoms with van der Waals surface area (Å²) in [4.78, 5) is 19.4. The molecule has 0 unspecified atom stereocenters. The number of nitrogens with two attached hydrogens (primary N) is 1. The molecule has 6 nitrogen and oxygen atoms in total. The summed E-state index contributed by atoms with van der Waals surface area (Å²) in [7, 11) is 0. The Morgan fingerprint density at radius 3 is 2.89 bits per heavy atom. The molecule has 4 rings (SSSR count). The van der Waals surface area contributed by atoms with Crippen LogP contribution in [0.5, 0.6) is 0 Å². The zero-order chi connectivity index (χ0) is 19.0. The molecule has 8 heteroatoms. The molecule has 27 heavy (non-hydrogen) atoms. The fourth-order valence-corrected chi connectivity index (χ4v) is 3.69. The number of hydrogen-bond acceptors (Lipinski definition) is 5. The second-order valence-electron chi connectivity index (χ2n) is 6.62. The number of aromatic nitrogens is 1. The number of halogens is 2. The Labute approximate surface area is 166 Å². The first-order chi connectivity index (χ1) is 13.0. The van der Waals surface area contributed by atoms with Gasteiger partial charge in [0.15, 0.2) is 5.76 Å². The first-order valence-corrected chi connectivity index (χ1v) is 9.50. The third-order valence-corrected chi connectivity index (χ3v) is 5.60. The van der Waals surface area contributed by atoms with Crippen molar-refractivity contribution >= 4 is 34.8 Å². The highest BCUT2D eigenvalue weighted by atomic mass is 35.5. The van der Waals surface area contributed by atoms with E-state index in [0.29, 0.717) is 53.1 Å². The van der Waals surface area contributed by atoms with Crippen LogP contribution in [0, 0.1) is 0 Å². The molecular formula is C19H18Cl2N4O2. The Hall–Kier alpha value is -2.31. The first-order valence-electron chi connectivity index (χ1n) is 8.75. The van der Waals surface area contributed by atoms with Crippen LogP contribution in [0.4, 0.5) is 0 Å². The maximum atomic E-state index is 12.9. The molecule has 2 aliphatic heterocycles. The normalized spacial score (nSPS) is 17.4. The largest absolute Gasteiger partial charge is 0.402 e. The van der Waals surface area contributed by atoms with E-state index in [-0.39, 0.29) is 5.91 Å². The Balaban J connectivity index is 1.63. The average molecular weight is 405 g/mol.